The number of benzene rings is 2. The van der Waals surface area contributed by atoms with E-state index >= 15 is 0 Å². The average Bonchev–Trinajstić information content (AvgIpc) is 2.50. The summed E-state index contributed by atoms with van der Waals surface area (Å²) < 4.78 is 10.4. The summed E-state index contributed by atoms with van der Waals surface area (Å²) >= 11 is 6.18. The van der Waals surface area contributed by atoms with Crippen molar-refractivity contribution in [3.05, 3.63) is 52.5 Å². The summed E-state index contributed by atoms with van der Waals surface area (Å²) in [5.41, 5.74) is 1.66. The molecule has 0 radical (unpaired) electrons. The van der Waals surface area contributed by atoms with E-state index in [1.54, 1.807) is 13.2 Å². The number of methoxy groups -OCH3 is 2. The van der Waals surface area contributed by atoms with Crippen molar-refractivity contribution in [3.63, 3.8) is 0 Å². The number of rotatable bonds is 6. The Hall–Kier alpha value is -1.91. The molecule has 0 bridgehead atoms. The fraction of sp³-hybridized carbons (Fsp3) is 0.250. The Bertz CT molecular complexity index is 616. The molecule has 2 rings (SSSR count). The van der Waals surface area contributed by atoms with Gasteiger partial charge in [-0.1, -0.05) is 29.8 Å². The molecule has 2 aromatic carbocycles. The summed E-state index contributed by atoms with van der Waals surface area (Å²) in [4.78, 5) is 0. The highest BCUT2D eigenvalue weighted by molar-refractivity contribution is 6.31. The third kappa shape index (κ3) is 3.60. The number of phenolic OH excluding ortho intramolecular Hbond substituents is 1. The first kappa shape index (κ1) is 15.5. The lowest BCUT2D eigenvalue weighted by Gasteiger charge is -2.13. The van der Waals surface area contributed by atoms with Gasteiger partial charge in [-0.25, -0.2) is 0 Å². The van der Waals surface area contributed by atoms with E-state index in [0.29, 0.717) is 23.9 Å². The highest BCUT2D eigenvalue weighted by Crippen LogP contribution is 2.30. The van der Waals surface area contributed by atoms with Crippen molar-refractivity contribution >= 4 is 11.6 Å². The molecule has 0 aliphatic rings. The van der Waals surface area contributed by atoms with E-state index in [9.17, 15) is 5.11 Å². The van der Waals surface area contributed by atoms with Gasteiger partial charge < -0.3 is 19.9 Å². The second-order valence-electron chi connectivity index (χ2n) is 4.49. The molecule has 2 aromatic rings. The maximum atomic E-state index is 10.0. The zero-order valence-electron chi connectivity index (χ0n) is 12.0. The molecular weight excluding hydrogens is 290 g/mol. The first-order valence-corrected chi connectivity index (χ1v) is 6.92. The summed E-state index contributed by atoms with van der Waals surface area (Å²) in [6.07, 6.45) is 0. The zero-order valence-corrected chi connectivity index (χ0v) is 12.8. The van der Waals surface area contributed by atoms with Gasteiger partial charge in [-0.05, 0) is 18.2 Å². The van der Waals surface area contributed by atoms with E-state index in [-0.39, 0.29) is 5.75 Å². The molecule has 0 aromatic heterocycles. The first-order valence-electron chi connectivity index (χ1n) is 6.54. The van der Waals surface area contributed by atoms with Gasteiger partial charge in [0.25, 0.3) is 0 Å². The monoisotopic (exact) mass is 307 g/mol. The molecule has 0 atom stereocenters. The molecule has 0 amide bonds. The van der Waals surface area contributed by atoms with Crippen LogP contribution in [0.15, 0.2) is 36.4 Å². The predicted octanol–water partition coefficient (Wildman–Crippen LogP) is 3.35. The highest BCUT2D eigenvalue weighted by Gasteiger charge is 2.09. The summed E-state index contributed by atoms with van der Waals surface area (Å²) in [5, 5.41) is 13.9. The quantitative estimate of drug-likeness (QED) is 0.859. The van der Waals surface area contributed by atoms with Crippen molar-refractivity contribution in [2.75, 3.05) is 14.2 Å². The van der Waals surface area contributed by atoms with Crippen LogP contribution in [0.4, 0.5) is 0 Å². The normalized spacial score (nSPS) is 10.4. The first-order chi connectivity index (χ1) is 10.2. The standard InChI is InChI=1S/C16H18ClNO3/c1-20-14-7-4-6-13(17)12(14)10-18-9-11-5-3-8-15(21-2)16(11)19/h3-8,18-19H,9-10H2,1-2H3. The van der Waals surface area contributed by atoms with E-state index in [1.807, 2.05) is 30.3 Å². The van der Waals surface area contributed by atoms with Gasteiger partial charge in [0.2, 0.25) is 0 Å². The number of hydrogen-bond acceptors (Lipinski definition) is 4. The minimum atomic E-state index is 0.152. The molecule has 21 heavy (non-hydrogen) atoms. The van der Waals surface area contributed by atoms with E-state index in [1.165, 1.54) is 7.11 Å². The van der Waals surface area contributed by atoms with Gasteiger partial charge in [-0.15, -0.1) is 0 Å². The number of ether oxygens (including phenoxy) is 2. The van der Waals surface area contributed by atoms with Crippen molar-refractivity contribution < 1.29 is 14.6 Å². The van der Waals surface area contributed by atoms with Gasteiger partial charge in [0.05, 0.1) is 14.2 Å². The van der Waals surface area contributed by atoms with Crippen molar-refractivity contribution in [2.45, 2.75) is 13.1 Å². The average molecular weight is 308 g/mol. The molecule has 112 valence electrons. The molecule has 0 aliphatic carbocycles. The molecule has 0 heterocycles. The Kier molecular flexibility index (Phi) is 5.31. The maximum Gasteiger partial charge on any atom is 0.162 e. The fourth-order valence-electron chi connectivity index (χ4n) is 2.10. The van der Waals surface area contributed by atoms with Crippen LogP contribution >= 0.6 is 11.6 Å². The van der Waals surface area contributed by atoms with Gasteiger partial charge in [0.15, 0.2) is 11.5 Å². The molecule has 2 N–H and O–H groups in total. The number of hydrogen-bond donors (Lipinski definition) is 2. The van der Waals surface area contributed by atoms with Crippen LogP contribution in [-0.4, -0.2) is 19.3 Å². The predicted molar refractivity (Wildman–Crippen MR) is 83.2 cm³/mol. The van der Waals surface area contributed by atoms with Crippen molar-refractivity contribution in [1.29, 1.82) is 0 Å². The van der Waals surface area contributed by atoms with Gasteiger partial charge in [0, 0.05) is 29.2 Å². The summed E-state index contributed by atoms with van der Waals surface area (Å²) in [6.45, 7) is 1.04. The van der Waals surface area contributed by atoms with Crippen LogP contribution in [0.5, 0.6) is 17.2 Å². The van der Waals surface area contributed by atoms with Crippen molar-refractivity contribution in [2.24, 2.45) is 0 Å². The molecule has 0 unspecified atom stereocenters. The molecule has 4 nitrogen and oxygen atoms in total. The lowest BCUT2D eigenvalue weighted by molar-refractivity contribution is 0.369. The molecule has 0 saturated heterocycles. The number of phenols is 1. The van der Waals surface area contributed by atoms with Crippen LogP contribution in [0.2, 0.25) is 5.02 Å². The Labute approximate surface area is 129 Å². The number of aromatic hydroxyl groups is 1. The van der Waals surface area contributed by atoms with E-state index in [0.717, 1.165) is 16.9 Å². The van der Waals surface area contributed by atoms with Crippen LogP contribution < -0.4 is 14.8 Å². The molecular formula is C16H18ClNO3. The zero-order chi connectivity index (χ0) is 15.2. The van der Waals surface area contributed by atoms with E-state index in [4.69, 9.17) is 21.1 Å². The number of para-hydroxylation sites is 1. The van der Waals surface area contributed by atoms with Gasteiger partial charge in [0.1, 0.15) is 5.75 Å². The molecule has 0 fully saturated rings. The van der Waals surface area contributed by atoms with Crippen molar-refractivity contribution in [3.8, 4) is 17.2 Å². The van der Waals surface area contributed by atoms with Crippen LogP contribution in [-0.2, 0) is 13.1 Å². The van der Waals surface area contributed by atoms with Crippen molar-refractivity contribution in [1.82, 2.24) is 5.32 Å². The Morgan fingerprint density at radius 3 is 2.38 bits per heavy atom. The smallest absolute Gasteiger partial charge is 0.162 e. The van der Waals surface area contributed by atoms with E-state index in [2.05, 4.69) is 5.32 Å². The van der Waals surface area contributed by atoms with Gasteiger partial charge in [-0.2, -0.15) is 0 Å². The lowest BCUT2D eigenvalue weighted by atomic mass is 10.1. The van der Waals surface area contributed by atoms with Crippen LogP contribution in [0.25, 0.3) is 0 Å². The molecule has 0 saturated carbocycles. The van der Waals surface area contributed by atoms with Crippen LogP contribution in [0.3, 0.4) is 0 Å². The third-order valence-electron chi connectivity index (χ3n) is 3.22. The summed E-state index contributed by atoms with van der Waals surface area (Å²) in [6, 6.07) is 10.9. The van der Waals surface area contributed by atoms with Crippen LogP contribution in [0, 0.1) is 0 Å². The highest BCUT2D eigenvalue weighted by atomic mass is 35.5. The Morgan fingerprint density at radius 1 is 1.00 bits per heavy atom. The fourth-order valence-corrected chi connectivity index (χ4v) is 2.33. The SMILES string of the molecule is COc1cccc(CNCc2c(Cl)cccc2OC)c1O. The largest absolute Gasteiger partial charge is 0.504 e. The third-order valence-corrected chi connectivity index (χ3v) is 3.57. The molecule has 5 heteroatoms. The topological polar surface area (TPSA) is 50.7 Å². The summed E-state index contributed by atoms with van der Waals surface area (Å²) in [7, 11) is 3.14. The minimum Gasteiger partial charge on any atom is -0.504 e. The van der Waals surface area contributed by atoms with E-state index < -0.39 is 0 Å². The second kappa shape index (κ2) is 7.20. The minimum absolute atomic E-state index is 0.152. The molecule has 0 aliphatic heterocycles. The summed E-state index contributed by atoms with van der Waals surface area (Å²) in [5.74, 6) is 1.35. The Balaban J connectivity index is 2.06. The number of halogens is 1. The maximum absolute atomic E-state index is 10.0. The Morgan fingerprint density at radius 2 is 1.67 bits per heavy atom. The molecule has 0 spiro atoms. The number of nitrogens with one attached hydrogen (secondary N) is 1. The van der Waals surface area contributed by atoms with Gasteiger partial charge in [-0.3, -0.25) is 0 Å². The van der Waals surface area contributed by atoms with Gasteiger partial charge >= 0.3 is 0 Å². The second-order valence-corrected chi connectivity index (χ2v) is 4.90. The van der Waals surface area contributed by atoms with Crippen LogP contribution in [0.1, 0.15) is 11.1 Å². The lowest BCUT2D eigenvalue weighted by Crippen LogP contribution is -2.14.